The number of amides is 1. The molecule has 3 aromatic rings. The minimum absolute atomic E-state index is 0.0722. The second-order valence-electron chi connectivity index (χ2n) is 6.20. The summed E-state index contributed by atoms with van der Waals surface area (Å²) in [6, 6.07) is 22.2. The summed E-state index contributed by atoms with van der Waals surface area (Å²) in [6.07, 6.45) is 0. The van der Waals surface area contributed by atoms with Crippen LogP contribution in [0.2, 0.25) is 0 Å². The molecule has 0 bridgehead atoms. The van der Waals surface area contributed by atoms with Gasteiger partial charge in [-0.05, 0) is 35.9 Å². The van der Waals surface area contributed by atoms with Crippen LogP contribution in [-0.2, 0) is 11.4 Å². The molecule has 0 aliphatic carbocycles. The Hall–Kier alpha value is -4.01. The largest absolute Gasteiger partial charge is 0.489 e. The molecule has 0 fully saturated rings. The second kappa shape index (κ2) is 9.97. The highest BCUT2D eigenvalue weighted by Gasteiger charge is 2.16. The minimum atomic E-state index is -0.238. The van der Waals surface area contributed by atoms with Crippen molar-refractivity contribution in [3.8, 4) is 17.9 Å². The van der Waals surface area contributed by atoms with Crippen molar-refractivity contribution in [3.63, 3.8) is 0 Å². The van der Waals surface area contributed by atoms with E-state index in [2.05, 4.69) is 10.3 Å². The minimum Gasteiger partial charge on any atom is -0.489 e. The molecule has 7 nitrogen and oxygen atoms in total. The fourth-order valence-corrected chi connectivity index (χ4v) is 3.33. The molecule has 0 aliphatic rings. The molecule has 4 N–H and O–H groups in total. The number of hydrogen-bond acceptors (Lipinski definition) is 6. The van der Waals surface area contributed by atoms with Crippen LogP contribution in [0.1, 0.15) is 16.7 Å². The normalized spacial score (nSPS) is 9.93. The van der Waals surface area contributed by atoms with E-state index in [1.165, 1.54) is 6.07 Å². The van der Waals surface area contributed by atoms with Crippen molar-refractivity contribution < 1.29 is 14.5 Å². The summed E-state index contributed by atoms with van der Waals surface area (Å²) >= 11 is 1.14. The third kappa shape index (κ3) is 5.51. The van der Waals surface area contributed by atoms with Gasteiger partial charge in [0.2, 0.25) is 5.91 Å². The van der Waals surface area contributed by atoms with E-state index in [0.717, 1.165) is 17.3 Å². The van der Waals surface area contributed by atoms with Gasteiger partial charge in [-0.25, -0.2) is 4.98 Å². The molecular formula is C22H18N5O2S+. The van der Waals surface area contributed by atoms with Crippen LogP contribution < -0.4 is 20.8 Å². The van der Waals surface area contributed by atoms with E-state index in [1.54, 1.807) is 24.3 Å². The van der Waals surface area contributed by atoms with E-state index < -0.39 is 0 Å². The zero-order valence-corrected chi connectivity index (χ0v) is 16.7. The first-order valence-electron chi connectivity index (χ1n) is 8.94. The fourth-order valence-electron chi connectivity index (χ4n) is 2.54. The molecule has 1 aromatic heterocycles. The van der Waals surface area contributed by atoms with Crippen LogP contribution in [0.5, 0.6) is 5.75 Å². The van der Waals surface area contributed by atoms with Crippen molar-refractivity contribution in [3.05, 3.63) is 77.4 Å². The maximum Gasteiger partial charge on any atom is 0.289 e. The predicted octanol–water partition coefficient (Wildman–Crippen LogP) is 3.14. The van der Waals surface area contributed by atoms with Gasteiger partial charge in [-0.3, -0.25) is 10.5 Å². The summed E-state index contributed by atoms with van der Waals surface area (Å²) in [7, 11) is 0. The first kappa shape index (κ1) is 20.7. The number of pyridine rings is 1. The molecule has 0 aliphatic heterocycles. The summed E-state index contributed by atoms with van der Waals surface area (Å²) in [5, 5.41) is 21.4. The number of rotatable bonds is 7. The Balaban J connectivity index is 1.53. The maximum atomic E-state index is 12.2. The van der Waals surface area contributed by atoms with Crippen LogP contribution >= 0.6 is 11.8 Å². The van der Waals surface area contributed by atoms with Gasteiger partial charge in [0.15, 0.2) is 5.03 Å². The highest BCUT2D eigenvalue weighted by molar-refractivity contribution is 7.99. The predicted molar refractivity (Wildman–Crippen MR) is 113 cm³/mol. The number of hydrogen-bond donors (Lipinski definition) is 2. The summed E-state index contributed by atoms with van der Waals surface area (Å²) in [5.41, 5.74) is 7.91. The number of ether oxygens (including phenoxy) is 1. The number of thioether (sulfide) groups is 1. The average Bonchev–Trinajstić information content (AvgIpc) is 2.78. The molecular weight excluding hydrogens is 398 g/mol. The van der Waals surface area contributed by atoms with Gasteiger partial charge in [0.1, 0.15) is 35.6 Å². The number of nitrogens with two attached hydrogens (primary N) is 1. The highest BCUT2D eigenvalue weighted by Crippen LogP contribution is 2.21. The van der Waals surface area contributed by atoms with Gasteiger partial charge in [-0.2, -0.15) is 10.5 Å². The van der Waals surface area contributed by atoms with E-state index in [9.17, 15) is 10.1 Å². The lowest BCUT2D eigenvalue weighted by atomic mass is 10.2. The van der Waals surface area contributed by atoms with Gasteiger partial charge in [-0.1, -0.05) is 42.1 Å². The number of H-pyrrole nitrogens is 1. The first-order chi connectivity index (χ1) is 14.6. The number of nitriles is 2. The van der Waals surface area contributed by atoms with Gasteiger partial charge in [0, 0.05) is 5.69 Å². The SMILES string of the molecule is N#Cc1cc(C#N)c(SCC(=O)Nc2ccc(OCc3ccccc3)cc2)[nH+]c1N. The molecule has 0 radical (unpaired) electrons. The average molecular weight is 416 g/mol. The van der Waals surface area contributed by atoms with Crippen molar-refractivity contribution in [2.24, 2.45) is 0 Å². The third-order valence-electron chi connectivity index (χ3n) is 4.05. The van der Waals surface area contributed by atoms with Gasteiger partial charge < -0.3 is 10.1 Å². The third-order valence-corrected chi connectivity index (χ3v) is 5.06. The molecule has 0 saturated carbocycles. The Morgan fingerprint density at radius 3 is 2.43 bits per heavy atom. The van der Waals surface area contributed by atoms with Crippen LogP contribution in [0, 0.1) is 22.7 Å². The Kier molecular flexibility index (Phi) is 6.88. The van der Waals surface area contributed by atoms with Crippen molar-refractivity contribution in [1.29, 1.82) is 10.5 Å². The lowest BCUT2D eigenvalue weighted by molar-refractivity contribution is -0.410. The second-order valence-corrected chi connectivity index (χ2v) is 7.18. The van der Waals surface area contributed by atoms with Gasteiger partial charge in [-0.15, -0.1) is 0 Å². The quantitative estimate of drug-likeness (QED) is 0.570. The number of nitrogen functional groups attached to an aromatic ring is 1. The van der Waals surface area contributed by atoms with E-state index in [4.69, 9.17) is 15.7 Å². The van der Waals surface area contributed by atoms with Crippen molar-refractivity contribution in [2.75, 3.05) is 16.8 Å². The van der Waals surface area contributed by atoms with Crippen LogP contribution in [0.25, 0.3) is 0 Å². The fraction of sp³-hybridized carbons (Fsp3) is 0.0909. The number of nitrogens with one attached hydrogen (secondary N) is 2. The lowest BCUT2D eigenvalue weighted by Crippen LogP contribution is -2.19. The lowest BCUT2D eigenvalue weighted by Gasteiger charge is -2.08. The summed E-state index contributed by atoms with van der Waals surface area (Å²) in [6.45, 7) is 0.467. The zero-order chi connectivity index (χ0) is 21.3. The highest BCUT2D eigenvalue weighted by atomic mass is 32.2. The number of aromatic nitrogens is 1. The summed E-state index contributed by atoms with van der Waals surface area (Å²) in [4.78, 5) is 15.0. The summed E-state index contributed by atoms with van der Waals surface area (Å²) in [5.74, 6) is 0.694. The van der Waals surface area contributed by atoms with Gasteiger partial charge >= 0.3 is 0 Å². The molecule has 148 valence electrons. The Bertz CT molecular complexity index is 1120. The molecule has 8 heteroatoms. The van der Waals surface area contributed by atoms with Crippen LogP contribution in [0.15, 0.2) is 65.7 Å². The number of nitrogens with zero attached hydrogens (tertiary/aromatic N) is 2. The Morgan fingerprint density at radius 1 is 1.07 bits per heavy atom. The molecule has 0 spiro atoms. The number of aromatic amines is 1. The van der Waals surface area contributed by atoms with E-state index in [0.29, 0.717) is 23.1 Å². The Morgan fingerprint density at radius 2 is 1.77 bits per heavy atom. The Labute approximate surface area is 178 Å². The first-order valence-corrected chi connectivity index (χ1v) is 9.93. The number of carbonyl (C=O) groups is 1. The zero-order valence-electron chi connectivity index (χ0n) is 15.9. The molecule has 0 saturated heterocycles. The monoisotopic (exact) mass is 416 g/mol. The van der Waals surface area contributed by atoms with E-state index >= 15 is 0 Å². The van der Waals surface area contributed by atoms with Crippen LogP contribution in [0.3, 0.4) is 0 Å². The number of anilines is 2. The molecule has 0 unspecified atom stereocenters. The van der Waals surface area contributed by atoms with Crippen molar-refractivity contribution in [2.45, 2.75) is 11.6 Å². The molecule has 2 aromatic carbocycles. The van der Waals surface area contributed by atoms with Gasteiger partial charge in [0.05, 0.1) is 5.75 Å². The number of benzene rings is 2. The molecule has 0 atom stereocenters. The molecule has 3 rings (SSSR count). The van der Waals surface area contributed by atoms with Crippen molar-refractivity contribution >= 4 is 29.2 Å². The molecule has 1 amide bonds. The van der Waals surface area contributed by atoms with E-state index in [-0.39, 0.29) is 28.6 Å². The van der Waals surface area contributed by atoms with Crippen molar-refractivity contribution in [1.82, 2.24) is 0 Å². The number of carbonyl (C=O) groups excluding carboxylic acids is 1. The molecule has 1 heterocycles. The topological polar surface area (TPSA) is 126 Å². The summed E-state index contributed by atoms with van der Waals surface area (Å²) < 4.78 is 5.73. The van der Waals surface area contributed by atoms with Crippen LogP contribution in [0.4, 0.5) is 11.5 Å². The maximum absolute atomic E-state index is 12.2. The van der Waals surface area contributed by atoms with E-state index in [1.807, 2.05) is 42.5 Å². The van der Waals surface area contributed by atoms with Gasteiger partial charge in [0.25, 0.3) is 5.82 Å². The van der Waals surface area contributed by atoms with Crippen LogP contribution in [-0.4, -0.2) is 11.7 Å². The molecule has 30 heavy (non-hydrogen) atoms. The standard InChI is InChI=1S/C22H17N5O2S/c23-11-16-10-17(12-24)22(27-21(16)25)30-14-20(28)26-18-6-8-19(9-7-18)29-13-15-4-2-1-3-5-15/h1-10H,13-14H2,(H2,25,27)(H,26,28)/p+1. The smallest absolute Gasteiger partial charge is 0.289 e.